The highest BCUT2D eigenvalue weighted by molar-refractivity contribution is 6.44. The molecule has 3 rings (SSSR count). The minimum atomic E-state index is -0.805. The molecule has 2 amide bonds. The molecule has 0 atom stereocenters. The van der Waals surface area contributed by atoms with Gasteiger partial charge in [-0.15, -0.1) is 0 Å². The largest absolute Gasteiger partial charge is 0.459 e. The molecule has 0 aliphatic rings. The molecule has 0 saturated heterocycles. The van der Waals surface area contributed by atoms with Crippen LogP contribution < -0.4 is 10.6 Å². The second kappa shape index (κ2) is 9.67. The molecule has 1 heterocycles. The number of carbonyl (C=O) groups is 3. The average molecular weight is 468 g/mol. The molecule has 0 radical (unpaired) electrons. The van der Waals surface area contributed by atoms with Crippen molar-refractivity contribution in [1.29, 1.82) is 0 Å². The van der Waals surface area contributed by atoms with Crippen molar-refractivity contribution in [1.82, 2.24) is 0 Å². The van der Waals surface area contributed by atoms with Crippen LogP contribution in [0.5, 0.6) is 0 Å². The number of amides is 2. The third-order valence-corrected chi connectivity index (χ3v) is 4.79. The van der Waals surface area contributed by atoms with Gasteiger partial charge in [0.15, 0.2) is 12.4 Å². The molecule has 0 aliphatic carbocycles. The van der Waals surface area contributed by atoms with Gasteiger partial charge in [0, 0.05) is 0 Å². The molecule has 3 aromatic rings. The number of rotatable bonds is 6. The summed E-state index contributed by atoms with van der Waals surface area (Å²) in [6.07, 6.45) is 1.35. The average Bonchev–Trinajstić information content (AvgIpc) is 3.26. The van der Waals surface area contributed by atoms with E-state index in [1.807, 2.05) is 0 Å². The number of esters is 1. The highest BCUT2D eigenvalue weighted by atomic mass is 35.5. The Morgan fingerprint density at radius 1 is 0.867 bits per heavy atom. The van der Waals surface area contributed by atoms with Crippen molar-refractivity contribution >= 4 is 64.0 Å². The number of nitrogens with one attached hydrogen (secondary N) is 2. The van der Waals surface area contributed by atoms with Gasteiger partial charge < -0.3 is 19.8 Å². The molecule has 0 unspecified atom stereocenters. The number of furan rings is 1. The number of anilines is 2. The van der Waals surface area contributed by atoms with E-state index in [0.717, 1.165) is 0 Å². The summed E-state index contributed by atoms with van der Waals surface area (Å²) in [5.74, 6) is -1.90. The van der Waals surface area contributed by atoms with Gasteiger partial charge in [0.05, 0.1) is 38.3 Å². The van der Waals surface area contributed by atoms with Gasteiger partial charge in [0.1, 0.15) is 0 Å². The minimum absolute atomic E-state index is 0.0674. The summed E-state index contributed by atoms with van der Waals surface area (Å²) in [4.78, 5) is 36.7. The molecule has 1 aromatic heterocycles. The number of para-hydroxylation sites is 1. The van der Waals surface area contributed by atoms with Gasteiger partial charge in [-0.3, -0.25) is 9.59 Å². The highest BCUT2D eigenvalue weighted by Crippen LogP contribution is 2.32. The summed E-state index contributed by atoms with van der Waals surface area (Å²) in [6.45, 7) is -0.587. The Morgan fingerprint density at radius 2 is 1.60 bits per heavy atom. The Morgan fingerprint density at radius 3 is 2.33 bits per heavy atom. The Bertz CT molecular complexity index is 1100. The van der Waals surface area contributed by atoms with Gasteiger partial charge >= 0.3 is 5.97 Å². The molecule has 0 bridgehead atoms. The molecule has 2 aromatic carbocycles. The maximum atomic E-state index is 12.4. The standard InChI is InChI=1S/C20H13Cl3N2O5/c21-12-8-14(23)16(9-13(12)22)24-18(26)10-30-20(28)11-4-1-2-5-15(11)25-19(27)17-6-3-7-29-17/h1-9H,10H2,(H,24,26)(H,25,27). The summed E-state index contributed by atoms with van der Waals surface area (Å²) in [5, 5.41) is 5.65. The zero-order valence-electron chi connectivity index (χ0n) is 15.1. The first kappa shape index (κ1) is 21.7. The van der Waals surface area contributed by atoms with E-state index in [2.05, 4.69) is 10.6 Å². The molecule has 10 heteroatoms. The molecule has 0 aliphatic heterocycles. The van der Waals surface area contributed by atoms with Crippen LogP contribution in [0.1, 0.15) is 20.9 Å². The smallest absolute Gasteiger partial charge is 0.340 e. The molecule has 154 valence electrons. The lowest BCUT2D eigenvalue weighted by Gasteiger charge is -2.11. The first-order valence-corrected chi connectivity index (χ1v) is 9.54. The zero-order valence-corrected chi connectivity index (χ0v) is 17.3. The quantitative estimate of drug-likeness (QED) is 0.379. The number of carbonyl (C=O) groups excluding carboxylic acids is 3. The van der Waals surface area contributed by atoms with Crippen LogP contribution in [0, 0.1) is 0 Å². The van der Waals surface area contributed by atoms with Crippen LogP contribution >= 0.6 is 34.8 Å². The summed E-state index contributed by atoms with van der Waals surface area (Å²) in [7, 11) is 0. The molecule has 0 spiro atoms. The van der Waals surface area contributed by atoms with E-state index in [9.17, 15) is 14.4 Å². The van der Waals surface area contributed by atoms with Crippen LogP contribution in [0.4, 0.5) is 11.4 Å². The van der Waals surface area contributed by atoms with Crippen molar-refractivity contribution in [3.8, 4) is 0 Å². The Hall–Kier alpha value is -3.00. The Balaban J connectivity index is 1.63. The van der Waals surface area contributed by atoms with Crippen molar-refractivity contribution < 1.29 is 23.5 Å². The van der Waals surface area contributed by atoms with Gasteiger partial charge in [0.2, 0.25) is 0 Å². The lowest BCUT2D eigenvalue weighted by molar-refractivity contribution is -0.119. The van der Waals surface area contributed by atoms with Crippen LogP contribution in [-0.4, -0.2) is 24.4 Å². The summed E-state index contributed by atoms with van der Waals surface area (Å²) in [5.41, 5.74) is 0.493. The minimum Gasteiger partial charge on any atom is -0.459 e. The number of halogens is 3. The van der Waals surface area contributed by atoms with Crippen LogP contribution in [0.25, 0.3) is 0 Å². The van der Waals surface area contributed by atoms with Crippen molar-refractivity contribution in [2.75, 3.05) is 17.2 Å². The lowest BCUT2D eigenvalue weighted by Crippen LogP contribution is -2.22. The van der Waals surface area contributed by atoms with E-state index in [1.54, 1.807) is 18.2 Å². The number of hydrogen-bond acceptors (Lipinski definition) is 5. The summed E-state index contributed by atoms with van der Waals surface area (Å²) < 4.78 is 10.1. The second-order valence-corrected chi connectivity index (χ2v) is 7.07. The third kappa shape index (κ3) is 5.33. The molecular formula is C20H13Cl3N2O5. The van der Waals surface area contributed by atoms with E-state index in [-0.39, 0.29) is 37.8 Å². The first-order valence-electron chi connectivity index (χ1n) is 8.40. The Kier molecular flexibility index (Phi) is 6.99. The molecule has 0 fully saturated rings. The number of hydrogen-bond donors (Lipinski definition) is 2. The van der Waals surface area contributed by atoms with Gasteiger partial charge in [-0.2, -0.15) is 0 Å². The molecule has 7 nitrogen and oxygen atoms in total. The van der Waals surface area contributed by atoms with Gasteiger partial charge in [0.25, 0.3) is 11.8 Å². The van der Waals surface area contributed by atoms with Crippen LogP contribution in [0.3, 0.4) is 0 Å². The predicted octanol–water partition coefficient (Wildman–Crippen LogP) is 5.29. The van der Waals surface area contributed by atoms with Crippen molar-refractivity contribution in [3.63, 3.8) is 0 Å². The van der Waals surface area contributed by atoms with Crippen molar-refractivity contribution in [2.45, 2.75) is 0 Å². The summed E-state index contributed by atoms with van der Waals surface area (Å²) >= 11 is 17.7. The van der Waals surface area contributed by atoms with Crippen LogP contribution in [0.15, 0.2) is 59.2 Å². The van der Waals surface area contributed by atoms with Crippen LogP contribution in [0.2, 0.25) is 15.1 Å². The first-order chi connectivity index (χ1) is 14.3. The maximum Gasteiger partial charge on any atom is 0.340 e. The van der Waals surface area contributed by atoms with E-state index in [4.69, 9.17) is 44.0 Å². The lowest BCUT2D eigenvalue weighted by atomic mass is 10.1. The van der Waals surface area contributed by atoms with Gasteiger partial charge in [-0.1, -0.05) is 46.9 Å². The fourth-order valence-corrected chi connectivity index (χ4v) is 2.97. The fraction of sp³-hybridized carbons (Fsp3) is 0.0500. The molecular weight excluding hydrogens is 455 g/mol. The van der Waals surface area contributed by atoms with Crippen molar-refractivity contribution in [3.05, 3.63) is 81.2 Å². The van der Waals surface area contributed by atoms with E-state index < -0.39 is 24.4 Å². The van der Waals surface area contributed by atoms with E-state index in [0.29, 0.717) is 0 Å². The number of ether oxygens (including phenoxy) is 1. The summed E-state index contributed by atoms with van der Waals surface area (Å²) in [6, 6.07) is 12.0. The van der Waals surface area contributed by atoms with Crippen LogP contribution in [-0.2, 0) is 9.53 Å². The number of benzene rings is 2. The predicted molar refractivity (Wildman–Crippen MR) is 113 cm³/mol. The second-order valence-electron chi connectivity index (χ2n) is 5.85. The molecule has 0 saturated carbocycles. The van der Waals surface area contributed by atoms with Gasteiger partial charge in [-0.05, 0) is 36.4 Å². The third-order valence-electron chi connectivity index (χ3n) is 3.76. The fourth-order valence-electron chi connectivity index (χ4n) is 2.38. The normalized spacial score (nSPS) is 10.4. The monoisotopic (exact) mass is 466 g/mol. The maximum absolute atomic E-state index is 12.4. The van der Waals surface area contributed by atoms with E-state index >= 15 is 0 Å². The van der Waals surface area contributed by atoms with Crippen molar-refractivity contribution in [2.24, 2.45) is 0 Å². The SMILES string of the molecule is O=C(COC(=O)c1ccccc1NC(=O)c1ccco1)Nc1cc(Cl)c(Cl)cc1Cl. The molecule has 2 N–H and O–H groups in total. The highest BCUT2D eigenvalue weighted by Gasteiger charge is 2.18. The zero-order chi connectivity index (χ0) is 21.7. The topological polar surface area (TPSA) is 97.6 Å². The van der Waals surface area contributed by atoms with E-state index in [1.165, 1.54) is 36.6 Å². The van der Waals surface area contributed by atoms with Gasteiger partial charge in [-0.25, -0.2) is 4.79 Å². The Labute approximate surface area is 185 Å². The molecule has 30 heavy (non-hydrogen) atoms.